The minimum absolute atomic E-state index is 0.296. The first-order valence-electron chi connectivity index (χ1n) is 8.59. The van der Waals surface area contributed by atoms with E-state index < -0.39 is 0 Å². The summed E-state index contributed by atoms with van der Waals surface area (Å²) in [4.78, 5) is 14.4. The lowest BCUT2D eigenvalue weighted by atomic mass is 10.1. The number of hydrogen-bond acceptors (Lipinski definition) is 7. The Morgan fingerprint density at radius 2 is 1.80 bits per heavy atom. The Kier molecular flexibility index (Phi) is 6.68. The van der Waals surface area contributed by atoms with Gasteiger partial charge in [0.05, 0.1) is 11.9 Å². The molecule has 0 fully saturated rings. The van der Waals surface area contributed by atoms with Crippen molar-refractivity contribution >= 4 is 17.9 Å². The molecule has 0 unspecified atom stereocenters. The molecule has 1 heterocycles. The van der Waals surface area contributed by atoms with Crippen LogP contribution in [0.1, 0.15) is 43.6 Å². The number of nitrogens with one attached hydrogen (secondary N) is 1. The van der Waals surface area contributed by atoms with E-state index in [0.29, 0.717) is 11.8 Å². The van der Waals surface area contributed by atoms with Gasteiger partial charge in [0.25, 0.3) is 0 Å². The molecule has 2 N–H and O–H groups in total. The summed E-state index contributed by atoms with van der Waals surface area (Å²) in [7, 11) is 0. The average molecular weight is 342 g/mol. The van der Waals surface area contributed by atoms with Crippen molar-refractivity contribution < 1.29 is 5.11 Å². The maximum absolute atomic E-state index is 9.79. The van der Waals surface area contributed by atoms with Crippen LogP contribution in [0, 0.1) is 13.8 Å². The molecule has 0 atom stereocenters. The summed E-state index contributed by atoms with van der Waals surface area (Å²) in [5.74, 6) is 0.792. The average Bonchev–Trinajstić information content (AvgIpc) is 2.57. The lowest BCUT2D eigenvalue weighted by molar-refractivity contribution is 0.426. The van der Waals surface area contributed by atoms with Crippen molar-refractivity contribution in [3.8, 4) is 6.01 Å². The summed E-state index contributed by atoms with van der Waals surface area (Å²) < 4.78 is 0. The molecule has 0 saturated heterocycles. The first kappa shape index (κ1) is 18.6. The third-order valence-corrected chi connectivity index (χ3v) is 3.78. The molecule has 0 radical (unpaired) electrons. The van der Waals surface area contributed by atoms with Gasteiger partial charge in [-0.25, -0.2) is 0 Å². The zero-order valence-corrected chi connectivity index (χ0v) is 15.3. The van der Waals surface area contributed by atoms with Crippen LogP contribution >= 0.6 is 0 Å². The van der Waals surface area contributed by atoms with Crippen molar-refractivity contribution in [3.63, 3.8) is 0 Å². The second-order valence-corrected chi connectivity index (χ2v) is 5.95. The van der Waals surface area contributed by atoms with Crippen LogP contribution in [0.25, 0.3) is 0 Å². The van der Waals surface area contributed by atoms with E-state index in [0.717, 1.165) is 31.6 Å². The Morgan fingerprint density at radius 3 is 2.44 bits per heavy atom. The fraction of sp³-hybridized carbons (Fsp3) is 0.444. The van der Waals surface area contributed by atoms with Crippen LogP contribution in [0.2, 0.25) is 0 Å². The molecular formula is C18H26N6O. The number of aryl methyl sites for hydroxylation is 2. The van der Waals surface area contributed by atoms with Gasteiger partial charge < -0.3 is 10.0 Å². The summed E-state index contributed by atoms with van der Waals surface area (Å²) >= 11 is 0. The molecule has 0 amide bonds. The van der Waals surface area contributed by atoms with Crippen molar-refractivity contribution in [1.29, 1.82) is 0 Å². The molecular weight excluding hydrogens is 316 g/mol. The Labute approximate surface area is 148 Å². The molecule has 2 rings (SSSR count). The Hall–Kier alpha value is -2.70. The molecule has 0 aliphatic rings. The van der Waals surface area contributed by atoms with Gasteiger partial charge in [0.15, 0.2) is 5.82 Å². The Morgan fingerprint density at radius 1 is 1.08 bits per heavy atom. The molecule has 0 aliphatic carbocycles. The highest BCUT2D eigenvalue weighted by atomic mass is 16.3. The zero-order chi connectivity index (χ0) is 18.2. The molecule has 2 aromatic rings. The van der Waals surface area contributed by atoms with Gasteiger partial charge >= 0.3 is 6.01 Å². The van der Waals surface area contributed by atoms with E-state index in [9.17, 15) is 5.11 Å². The quantitative estimate of drug-likeness (QED) is 0.565. The van der Waals surface area contributed by atoms with Crippen molar-refractivity contribution in [3.05, 3.63) is 35.2 Å². The van der Waals surface area contributed by atoms with Crippen molar-refractivity contribution in [2.75, 3.05) is 23.4 Å². The molecule has 0 aliphatic heterocycles. The molecule has 0 bridgehead atoms. The smallest absolute Gasteiger partial charge is 0.319 e. The molecule has 7 heteroatoms. The third-order valence-electron chi connectivity index (χ3n) is 3.78. The highest BCUT2D eigenvalue weighted by molar-refractivity contribution is 5.75. The van der Waals surface area contributed by atoms with Crippen LogP contribution in [-0.4, -0.2) is 39.4 Å². The van der Waals surface area contributed by atoms with E-state index in [1.807, 2.05) is 23.1 Å². The fourth-order valence-corrected chi connectivity index (χ4v) is 2.40. The topological polar surface area (TPSA) is 86.5 Å². The maximum Gasteiger partial charge on any atom is 0.319 e. The van der Waals surface area contributed by atoms with Gasteiger partial charge in [-0.1, -0.05) is 19.9 Å². The summed E-state index contributed by atoms with van der Waals surface area (Å²) in [5.41, 5.74) is 6.26. The molecule has 25 heavy (non-hydrogen) atoms. The summed E-state index contributed by atoms with van der Waals surface area (Å²) in [6, 6.07) is 5.72. The van der Waals surface area contributed by atoms with Gasteiger partial charge in [-0.05, 0) is 49.9 Å². The van der Waals surface area contributed by atoms with Crippen LogP contribution in [-0.2, 0) is 0 Å². The van der Waals surface area contributed by atoms with E-state index in [-0.39, 0.29) is 6.01 Å². The zero-order valence-electron chi connectivity index (χ0n) is 15.3. The first-order chi connectivity index (χ1) is 12.0. The van der Waals surface area contributed by atoms with Gasteiger partial charge in [0.1, 0.15) is 0 Å². The predicted molar refractivity (Wildman–Crippen MR) is 101 cm³/mol. The number of hydrogen-bond donors (Lipinski definition) is 2. The lowest BCUT2D eigenvalue weighted by Crippen LogP contribution is -2.27. The van der Waals surface area contributed by atoms with Crippen LogP contribution in [0.4, 0.5) is 11.6 Å². The van der Waals surface area contributed by atoms with Crippen molar-refractivity contribution in [1.82, 2.24) is 15.0 Å². The van der Waals surface area contributed by atoms with E-state index >= 15 is 0 Å². The van der Waals surface area contributed by atoms with Crippen LogP contribution < -0.4 is 10.3 Å². The largest absolute Gasteiger partial charge is 0.479 e. The molecule has 1 aromatic carbocycles. The minimum Gasteiger partial charge on any atom is -0.479 e. The second kappa shape index (κ2) is 8.96. The van der Waals surface area contributed by atoms with E-state index in [1.165, 1.54) is 17.3 Å². The van der Waals surface area contributed by atoms with Gasteiger partial charge in [-0.2, -0.15) is 20.1 Å². The number of hydrazone groups is 1. The Bertz CT molecular complexity index is 726. The minimum atomic E-state index is -0.296. The maximum atomic E-state index is 9.79. The molecule has 1 aromatic heterocycles. The highest BCUT2D eigenvalue weighted by Gasteiger charge is 2.11. The summed E-state index contributed by atoms with van der Waals surface area (Å²) in [6.07, 6.45) is 3.44. The van der Waals surface area contributed by atoms with Crippen LogP contribution in [0.5, 0.6) is 6.01 Å². The number of nitrogens with zero attached hydrogens (tertiary/aromatic N) is 5. The van der Waals surface area contributed by atoms with Gasteiger partial charge in [-0.15, -0.1) is 0 Å². The number of aromatic nitrogens is 3. The van der Waals surface area contributed by atoms with Crippen LogP contribution in [0.15, 0.2) is 23.3 Å². The van der Waals surface area contributed by atoms with Crippen molar-refractivity contribution in [2.45, 2.75) is 40.5 Å². The molecule has 134 valence electrons. The number of benzene rings is 1. The molecule has 7 nitrogen and oxygen atoms in total. The number of anilines is 2. The van der Waals surface area contributed by atoms with E-state index in [4.69, 9.17) is 0 Å². The summed E-state index contributed by atoms with van der Waals surface area (Å²) in [5, 5.41) is 14.0. The molecule has 0 spiro atoms. The number of aromatic hydroxyl groups is 1. The van der Waals surface area contributed by atoms with E-state index in [2.05, 4.69) is 53.2 Å². The third kappa shape index (κ3) is 5.41. The number of rotatable bonds is 8. The van der Waals surface area contributed by atoms with Gasteiger partial charge in [-0.3, -0.25) is 5.43 Å². The highest BCUT2D eigenvalue weighted by Crippen LogP contribution is 2.14. The monoisotopic (exact) mass is 342 g/mol. The second-order valence-electron chi connectivity index (χ2n) is 5.95. The normalized spacial score (nSPS) is 11.0. The SMILES string of the molecule is CCCN(CCC)c1nc(O)nc(/C=N/Nc2ccc(C)c(C)c2)n1. The van der Waals surface area contributed by atoms with Gasteiger partial charge in [0, 0.05) is 13.1 Å². The van der Waals surface area contributed by atoms with Gasteiger partial charge in [0.2, 0.25) is 5.95 Å². The lowest BCUT2D eigenvalue weighted by Gasteiger charge is -2.21. The Balaban J connectivity index is 2.14. The summed E-state index contributed by atoms with van der Waals surface area (Å²) in [6.45, 7) is 9.97. The first-order valence-corrected chi connectivity index (χ1v) is 8.59. The van der Waals surface area contributed by atoms with E-state index in [1.54, 1.807) is 0 Å². The van der Waals surface area contributed by atoms with Crippen molar-refractivity contribution in [2.24, 2.45) is 5.10 Å². The molecule has 0 saturated carbocycles. The standard InChI is InChI=1S/C18H26N6O/c1-5-9-24(10-6-2)17-20-16(21-18(25)22-17)12-19-23-15-8-7-13(3)14(4)11-15/h7-8,11-12,23H,5-6,9-10H2,1-4H3,(H,20,21,22,25)/b19-12+. The van der Waals surface area contributed by atoms with Crippen LogP contribution in [0.3, 0.4) is 0 Å². The predicted octanol–water partition coefficient (Wildman–Crippen LogP) is 3.27. The fourth-order valence-electron chi connectivity index (χ4n) is 2.40.